The minimum Gasteiger partial charge on any atom is -0.482 e. The highest BCUT2D eigenvalue weighted by molar-refractivity contribution is 5.70. The van der Waals surface area contributed by atoms with E-state index < -0.39 is 6.04 Å². The van der Waals surface area contributed by atoms with Gasteiger partial charge in [-0.3, -0.25) is 0 Å². The van der Waals surface area contributed by atoms with E-state index in [4.69, 9.17) is 15.7 Å². The summed E-state index contributed by atoms with van der Waals surface area (Å²) in [5.41, 5.74) is 6.69. The lowest BCUT2D eigenvalue weighted by atomic mass is 9.97. The molecule has 2 N–H and O–H groups in total. The van der Waals surface area contributed by atoms with Crippen LogP contribution in [0.25, 0.3) is 11.3 Å². The topological polar surface area (TPSA) is 59.0 Å². The van der Waals surface area contributed by atoms with Crippen molar-refractivity contribution in [1.29, 1.82) is 5.26 Å². The van der Waals surface area contributed by atoms with Crippen LogP contribution in [-0.4, -0.2) is 12.1 Å². The zero-order valence-electron chi connectivity index (χ0n) is 10.0. The largest absolute Gasteiger partial charge is 0.482 e. The highest BCUT2D eigenvalue weighted by Gasteiger charge is 2.24. The Bertz CT molecular complexity index is 755. The molecule has 3 rings (SSSR count). The highest BCUT2D eigenvalue weighted by Crippen LogP contribution is 2.21. The number of hydrogen-bond acceptors (Lipinski definition) is 3. The Balaban J connectivity index is 2.41. The number of benzene rings is 1. The predicted octanol–water partition coefficient (Wildman–Crippen LogP) is 0.460. The summed E-state index contributed by atoms with van der Waals surface area (Å²) in [5, 5.41) is 10.4. The molecule has 0 amide bonds. The fourth-order valence-corrected chi connectivity index (χ4v) is 2.34. The number of nitrogens with zero attached hydrogens (tertiary/aromatic N) is 1. The average molecular weight is 254 g/mol. The summed E-state index contributed by atoms with van der Waals surface area (Å²) < 4.78 is 19.2. The molecule has 0 radical (unpaired) electrons. The van der Waals surface area contributed by atoms with Crippen LogP contribution in [-0.2, 0) is 4.74 Å². The van der Waals surface area contributed by atoms with E-state index in [0.29, 0.717) is 11.0 Å². The monoisotopic (exact) mass is 254 g/mol. The molecule has 2 atom stereocenters. The summed E-state index contributed by atoms with van der Waals surface area (Å²) in [7, 11) is 0. The van der Waals surface area contributed by atoms with Crippen LogP contribution in [0.15, 0.2) is 42.5 Å². The Kier molecular flexibility index (Phi) is 2.69. The molecular weight excluding hydrogens is 243 g/mol. The normalized spacial score (nSPS) is 21.2. The average Bonchev–Trinajstić information content (AvgIpc) is 2.45. The van der Waals surface area contributed by atoms with E-state index >= 15 is 0 Å². The van der Waals surface area contributed by atoms with Gasteiger partial charge in [0.15, 0.2) is 6.04 Å². The number of halogens is 1. The third-order valence-corrected chi connectivity index (χ3v) is 3.21. The molecule has 1 aromatic rings. The van der Waals surface area contributed by atoms with Crippen molar-refractivity contribution in [2.24, 2.45) is 5.73 Å². The molecule has 4 heteroatoms. The molecule has 94 valence electrons. The zero-order chi connectivity index (χ0) is 13.4. The van der Waals surface area contributed by atoms with E-state index in [1.165, 1.54) is 12.1 Å². The Morgan fingerprint density at radius 1 is 1.32 bits per heavy atom. The first-order chi connectivity index (χ1) is 9.20. The molecular formula is C15H11FN2O. The fourth-order valence-electron chi connectivity index (χ4n) is 2.34. The number of ether oxygens (including phenoxy) is 1. The van der Waals surface area contributed by atoms with Gasteiger partial charge in [0, 0.05) is 10.8 Å². The van der Waals surface area contributed by atoms with Gasteiger partial charge in [-0.1, -0.05) is 24.3 Å². The summed E-state index contributed by atoms with van der Waals surface area (Å²) in [6.45, 7) is 0. The van der Waals surface area contributed by atoms with Crippen LogP contribution in [0.5, 0.6) is 0 Å². The summed E-state index contributed by atoms with van der Waals surface area (Å²) in [5.74, 6) is -0.0509. The molecule has 1 aromatic carbocycles. The van der Waals surface area contributed by atoms with Gasteiger partial charge in [-0.15, -0.1) is 0 Å². The van der Waals surface area contributed by atoms with Gasteiger partial charge < -0.3 is 10.5 Å². The Morgan fingerprint density at radius 3 is 2.95 bits per heavy atom. The SMILES string of the molecule is N#CC(N)C1=c2cc(F)ccc2=C2C=CC=CC2O1. The number of rotatable bonds is 1. The molecule has 0 bridgehead atoms. The molecule has 2 unspecified atom stereocenters. The van der Waals surface area contributed by atoms with Gasteiger partial charge in [0.2, 0.25) is 0 Å². The highest BCUT2D eigenvalue weighted by atomic mass is 19.1. The molecule has 0 saturated heterocycles. The predicted molar refractivity (Wildman–Crippen MR) is 69.2 cm³/mol. The Hall–Kier alpha value is -2.38. The molecule has 0 saturated carbocycles. The number of allylic oxidation sites excluding steroid dienone is 2. The number of nitriles is 1. The van der Waals surface area contributed by atoms with Crippen molar-refractivity contribution in [2.45, 2.75) is 12.1 Å². The van der Waals surface area contributed by atoms with Crippen LogP contribution < -0.4 is 16.2 Å². The van der Waals surface area contributed by atoms with Crippen LogP contribution in [0.3, 0.4) is 0 Å². The van der Waals surface area contributed by atoms with Crippen molar-refractivity contribution >= 4 is 11.3 Å². The summed E-state index contributed by atoms with van der Waals surface area (Å²) in [6.07, 6.45) is 7.31. The molecule has 0 aromatic heterocycles. The first-order valence-electron chi connectivity index (χ1n) is 5.91. The van der Waals surface area contributed by atoms with Crippen molar-refractivity contribution < 1.29 is 9.13 Å². The molecule has 1 aliphatic carbocycles. The molecule has 2 aliphatic rings. The smallest absolute Gasteiger partial charge is 0.151 e. The lowest BCUT2D eigenvalue weighted by Crippen LogP contribution is -2.43. The van der Waals surface area contributed by atoms with Gasteiger partial charge in [0.1, 0.15) is 17.7 Å². The van der Waals surface area contributed by atoms with Gasteiger partial charge in [-0.2, -0.15) is 5.26 Å². The van der Waals surface area contributed by atoms with Crippen LogP contribution >= 0.6 is 0 Å². The molecule has 3 nitrogen and oxygen atoms in total. The minimum atomic E-state index is -0.901. The van der Waals surface area contributed by atoms with Crippen LogP contribution in [0.2, 0.25) is 0 Å². The van der Waals surface area contributed by atoms with Gasteiger partial charge >= 0.3 is 0 Å². The van der Waals surface area contributed by atoms with E-state index in [1.807, 2.05) is 30.4 Å². The number of hydrogen-bond donors (Lipinski definition) is 1. The third-order valence-electron chi connectivity index (χ3n) is 3.21. The summed E-state index contributed by atoms with van der Waals surface area (Å²) >= 11 is 0. The van der Waals surface area contributed by atoms with Gasteiger partial charge in [-0.25, -0.2) is 4.39 Å². The van der Waals surface area contributed by atoms with Crippen LogP contribution in [0.4, 0.5) is 4.39 Å². The molecule has 19 heavy (non-hydrogen) atoms. The number of nitrogens with two attached hydrogens (primary N) is 1. The second kappa shape index (κ2) is 4.38. The zero-order valence-corrected chi connectivity index (χ0v) is 10.0. The maximum absolute atomic E-state index is 13.4. The quantitative estimate of drug-likeness (QED) is 0.792. The van der Waals surface area contributed by atoms with Crippen molar-refractivity contribution in [3.63, 3.8) is 0 Å². The van der Waals surface area contributed by atoms with E-state index in [0.717, 1.165) is 10.8 Å². The van der Waals surface area contributed by atoms with Crippen molar-refractivity contribution in [3.8, 4) is 6.07 Å². The van der Waals surface area contributed by atoms with Crippen molar-refractivity contribution in [3.05, 3.63) is 58.8 Å². The summed E-state index contributed by atoms with van der Waals surface area (Å²) in [4.78, 5) is 0. The fraction of sp³-hybridized carbons (Fsp3) is 0.133. The van der Waals surface area contributed by atoms with Gasteiger partial charge in [0.25, 0.3) is 0 Å². The lowest BCUT2D eigenvalue weighted by molar-refractivity contribution is 0.242. The second-order valence-electron chi connectivity index (χ2n) is 4.40. The molecule has 1 heterocycles. The van der Waals surface area contributed by atoms with E-state index in [2.05, 4.69) is 0 Å². The number of fused-ring (bicyclic) bond motifs is 2. The molecule has 0 spiro atoms. The van der Waals surface area contributed by atoms with Crippen molar-refractivity contribution in [1.82, 2.24) is 0 Å². The minimum absolute atomic E-state index is 0.266. The Labute approximate surface area is 109 Å². The molecule has 0 fully saturated rings. The Morgan fingerprint density at radius 2 is 2.16 bits per heavy atom. The van der Waals surface area contributed by atoms with E-state index in [-0.39, 0.29) is 11.9 Å². The van der Waals surface area contributed by atoms with Gasteiger partial charge in [-0.05, 0) is 23.4 Å². The van der Waals surface area contributed by atoms with Crippen LogP contribution in [0.1, 0.15) is 0 Å². The summed E-state index contributed by atoms with van der Waals surface area (Å²) in [6, 6.07) is 5.49. The molecule has 1 aliphatic heterocycles. The van der Waals surface area contributed by atoms with E-state index in [9.17, 15) is 4.39 Å². The van der Waals surface area contributed by atoms with Crippen LogP contribution in [0, 0.1) is 17.1 Å². The first kappa shape index (κ1) is 11.7. The van der Waals surface area contributed by atoms with Crippen molar-refractivity contribution in [2.75, 3.05) is 0 Å². The van der Waals surface area contributed by atoms with Gasteiger partial charge in [0.05, 0.1) is 6.07 Å². The standard InChI is InChI=1S/C15H11FN2O/c16-9-5-6-10-11-3-1-2-4-14(11)19-15(12(10)7-9)13(18)8-17/h1-7,13-14H,18H2. The maximum atomic E-state index is 13.4. The third kappa shape index (κ3) is 1.85. The second-order valence-corrected chi connectivity index (χ2v) is 4.40. The van der Waals surface area contributed by atoms with E-state index in [1.54, 1.807) is 6.07 Å². The maximum Gasteiger partial charge on any atom is 0.151 e. The first-order valence-corrected chi connectivity index (χ1v) is 5.91. The lowest BCUT2D eigenvalue weighted by Gasteiger charge is -2.26.